The van der Waals surface area contributed by atoms with Crippen molar-refractivity contribution >= 4 is 28.2 Å². The van der Waals surface area contributed by atoms with Gasteiger partial charge in [-0.1, -0.05) is 43.0 Å². The third-order valence-corrected chi connectivity index (χ3v) is 3.89. The van der Waals surface area contributed by atoms with Crippen molar-refractivity contribution in [3.8, 4) is 0 Å². The molecule has 16 heavy (non-hydrogen) atoms. The van der Waals surface area contributed by atoms with Crippen molar-refractivity contribution in [3.05, 3.63) is 75.7 Å². The number of hydrogen-bond donors (Lipinski definition) is 0. The second-order valence-corrected chi connectivity index (χ2v) is 5.05. The van der Waals surface area contributed by atoms with Crippen LogP contribution in [0.3, 0.4) is 0 Å². The Balaban J connectivity index is 2.38. The Labute approximate surface area is 104 Å². The van der Waals surface area contributed by atoms with Gasteiger partial charge in [-0.05, 0) is 22.9 Å². The monoisotopic (exact) mass is 244 g/mol. The number of rotatable bonds is 4. The molecular weight excluding hydrogens is 232 g/mol. The van der Waals surface area contributed by atoms with Crippen LogP contribution in [-0.4, -0.2) is 0 Å². The van der Waals surface area contributed by atoms with Gasteiger partial charge >= 0.3 is 0 Å². The molecule has 2 rings (SSSR count). The summed E-state index contributed by atoms with van der Waals surface area (Å²) < 4.78 is 0. The molecule has 2 aromatic rings. The SMILES string of the molecule is C=CC=CC=C(c1cccs1)c1cccs1. The lowest BCUT2D eigenvalue weighted by Crippen LogP contribution is -1.78. The standard InChI is InChI=1S/C14H12S2/c1-2-3-4-7-12(13-8-5-10-15-13)14-9-6-11-16-14/h2-11H,1H2. The van der Waals surface area contributed by atoms with Crippen LogP contribution in [-0.2, 0) is 0 Å². The van der Waals surface area contributed by atoms with Crippen LogP contribution >= 0.6 is 22.7 Å². The summed E-state index contributed by atoms with van der Waals surface area (Å²) in [4.78, 5) is 2.60. The van der Waals surface area contributed by atoms with Gasteiger partial charge in [0.2, 0.25) is 0 Å². The van der Waals surface area contributed by atoms with Crippen LogP contribution in [0.2, 0.25) is 0 Å². The van der Waals surface area contributed by atoms with Gasteiger partial charge in [-0.2, -0.15) is 0 Å². The van der Waals surface area contributed by atoms with Crippen molar-refractivity contribution in [2.45, 2.75) is 0 Å². The Bertz CT molecular complexity index is 449. The number of hydrogen-bond acceptors (Lipinski definition) is 2. The van der Waals surface area contributed by atoms with E-state index in [0.717, 1.165) is 0 Å². The summed E-state index contributed by atoms with van der Waals surface area (Å²) in [5.74, 6) is 0. The van der Waals surface area contributed by atoms with Crippen molar-refractivity contribution in [2.75, 3.05) is 0 Å². The van der Waals surface area contributed by atoms with Crippen LogP contribution in [0.25, 0.3) is 5.57 Å². The fraction of sp³-hybridized carbons (Fsp3) is 0. The van der Waals surface area contributed by atoms with Gasteiger partial charge in [-0.3, -0.25) is 0 Å². The van der Waals surface area contributed by atoms with Crippen molar-refractivity contribution in [1.29, 1.82) is 0 Å². The van der Waals surface area contributed by atoms with Gasteiger partial charge in [0.25, 0.3) is 0 Å². The average Bonchev–Trinajstić information content (AvgIpc) is 2.97. The Morgan fingerprint density at radius 3 is 2.06 bits per heavy atom. The molecule has 0 amide bonds. The van der Waals surface area contributed by atoms with Crippen LogP contribution in [0, 0.1) is 0 Å². The third kappa shape index (κ3) is 2.60. The van der Waals surface area contributed by atoms with E-state index in [1.165, 1.54) is 15.3 Å². The Morgan fingerprint density at radius 2 is 1.62 bits per heavy atom. The molecule has 0 radical (unpaired) electrons. The molecule has 0 aliphatic rings. The van der Waals surface area contributed by atoms with Gasteiger partial charge in [0.15, 0.2) is 0 Å². The highest BCUT2D eigenvalue weighted by Gasteiger charge is 2.05. The third-order valence-electron chi connectivity index (χ3n) is 2.08. The highest BCUT2D eigenvalue weighted by atomic mass is 32.1. The molecule has 0 spiro atoms. The minimum absolute atomic E-state index is 1.28. The quantitative estimate of drug-likeness (QED) is 0.665. The van der Waals surface area contributed by atoms with Gasteiger partial charge in [-0.15, -0.1) is 22.7 Å². The molecule has 2 aromatic heterocycles. The van der Waals surface area contributed by atoms with E-state index in [4.69, 9.17) is 0 Å². The van der Waals surface area contributed by atoms with Crippen molar-refractivity contribution in [2.24, 2.45) is 0 Å². The van der Waals surface area contributed by atoms with Crippen molar-refractivity contribution in [1.82, 2.24) is 0 Å². The van der Waals surface area contributed by atoms with Crippen LogP contribution < -0.4 is 0 Å². The maximum Gasteiger partial charge on any atom is 0.0356 e. The summed E-state index contributed by atoms with van der Waals surface area (Å²) in [6, 6.07) is 8.47. The molecule has 0 unspecified atom stereocenters. The maximum absolute atomic E-state index is 3.67. The molecule has 2 heterocycles. The van der Waals surface area contributed by atoms with Gasteiger partial charge in [0, 0.05) is 15.3 Å². The first-order chi connectivity index (χ1) is 7.92. The Morgan fingerprint density at radius 1 is 1.00 bits per heavy atom. The van der Waals surface area contributed by atoms with Crippen molar-refractivity contribution < 1.29 is 0 Å². The molecule has 0 nitrogen and oxygen atoms in total. The van der Waals surface area contributed by atoms with E-state index in [2.05, 4.69) is 47.7 Å². The first-order valence-electron chi connectivity index (χ1n) is 4.99. The number of thiophene rings is 2. The van der Waals surface area contributed by atoms with E-state index in [-0.39, 0.29) is 0 Å². The normalized spacial score (nSPS) is 10.5. The van der Waals surface area contributed by atoms with E-state index in [1.807, 2.05) is 12.2 Å². The summed E-state index contributed by atoms with van der Waals surface area (Å²) in [6.07, 6.45) is 7.90. The zero-order valence-corrected chi connectivity index (χ0v) is 10.4. The molecule has 0 saturated heterocycles. The Kier molecular flexibility index (Phi) is 3.91. The van der Waals surface area contributed by atoms with Crippen LogP contribution in [0.15, 0.2) is 65.9 Å². The fourth-order valence-corrected chi connectivity index (χ4v) is 2.98. The smallest absolute Gasteiger partial charge is 0.0356 e. The van der Waals surface area contributed by atoms with Crippen molar-refractivity contribution in [3.63, 3.8) is 0 Å². The molecule has 0 atom stereocenters. The summed E-state index contributed by atoms with van der Waals surface area (Å²) in [5, 5.41) is 4.21. The average molecular weight is 244 g/mol. The van der Waals surface area contributed by atoms with E-state index >= 15 is 0 Å². The zero-order chi connectivity index (χ0) is 11.2. The van der Waals surface area contributed by atoms with E-state index in [0.29, 0.717) is 0 Å². The highest BCUT2D eigenvalue weighted by Crippen LogP contribution is 2.30. The van der Waals surface area contributed by atoms with Gasteiger partial charge in [-0.25, -0.2) is 0 Å². The highest BCUT2D eigenvalue weighted by molar-refractivity contribution is 7.13. The Hall–Kier alpha value is -1.38. The fourth-order valence-electron chi connectivity index (χ4n) is 1.38. The minimum Gasteiger partial charge on any atom is -0.144 e. The predicted molar refractivity (Wildman–Crippen MR) is 75.1 cm³/mol. The van der Waals surface area contributed by atoms with Gasteiger partial charge in [0.1, 0.15) is 0 Å². The zero-order valence-electron chi connectivity index (χ0n) is 8.80. The molecular formula is C14H12S2. The van der Waals surface area contributed by atoms with Crippen LogP contribution in [0.1, 0.15) is 9.75 Å². The lowest BCUT2D eigenvalue weighted by atomic mass is 10.1. The summed E-state index contributed by atoms with van der Waals surface area (Å²) in [5.41, 5.74) is 1.28. The second-order valence-electron chi connectivity index (χ2n) is 3.16. The summed E-state index contributed by atoms with van der Waals surface area (Å²) >= 11 is 3.53. The molecule has 0 aliphatic heterocycles. The topological polar surface area (TPSA) is 0 Å². The summed E-state index contributed by atoms with van der Waals surface area (Å²) in [7, 11) is 0. The van der Waals surface area contributed by atoms with E-state index < -0.39 is 0 Å². The predicted octanol–water partition coefficient (Wildman–Crippen LogP) is 4.98. The lowest BCUT2D eigenvalue weighted by Gasteiger charge is -2.00. The minimum atomic E-state index is 1.28. The molecule has 0 fully saturated rings. The molecule has 0 aliphatic carbocycles. The first kappa shape index (κ1) is 11.1. The molecule has 0 N–H and O–H groups in total. The molecule has 80 valence electrons. The van der Waals surface area contributed by atoms with Crippen LogP contribution in [0.5, 0.6) is 0 Å². The largest absolute Gasteiger partial charge is 0.144 e. The number of allylic oxidation sites excluding steroid dienone is 4. The molecule has 2 heteroatoms. The maximum atomic E-state index is 3.67. The van der Waals surface area contributed by atoms with E-state index in [1.54, 1.807) is 28.7 Å². The molecule has 0 aromatic carbocycles. The van der Waals surface area contributed by atoms with Gasteiger partial charge < -0.3 is 0 Å². The van der Waals surface area contributed by atoms with Gasteiger partial charge in [0.05, 0.1) is 0 Å². The lowest BCUT2D eigenvalue weighted by molar-refractivity contribution is 1.77. The van der Waals surface area contributed by atoms with E-state index in [9.17, 15) is 0 Å². The second kappa shape index (κ2) is 5.64. The molecule has 0 saturated carbocycles. The summed E-state index contributed by atoms with van der Waals surface area (Å²) in [6.45, 7) is 3.67. The first-order valence-corrected chi connectivity index (χ1v) is 6.75. The molecule has 0 bridgehead atoms. The van der Waals surface area contributed by atoms with Crippen LogP contribution in [0.4, 0.5) is 0 Å².